The molecule has 1 aromatic carbocycles. The average Bonchev–Trinajstić information content (AvgIpc) is 3.26. The van der Waals surface area contributed by atoms with Crippen LogP contribution >= 0.6 is 11.8 Å². The van der Waals surface area contributed by atoms with Crippen LogP contribution in [-0.2, 0) is 11.3 Å². The highest BCUT2D eigenvalue weighted by molar-refractivity contribution is 7.99. The molecule has 5 nitrogen and oxygen atoms in total. The van der Waals surface area contributed by atoms with Gasteiger partial charge in [0, 0.05) is 19.5 Å². The molecule has 1 fully saturated rings. The van der Waals surface area contributed by atoms with Gasteiger partial charge in [-0.1, -0.05) is 23.9 Å². The van der Waals surface area contributed by atoms with Crippen LogP contribution in [0.25, 0.3) is 0 Å². The van der Waals surface area contributed by atoms with Gasteiger partial charge in [0.15, 0.2) is 0 Å². The normalized spacial score (nSPS) is 14.1. The lowest BCUT2D eigenvalue weighted by molar-refractivity contribution is -0.127. The molecule has 1 saturated carbocycles. The molecule has 1 heterocycles. The number of carbonyl (C=O) groups is 1. The number of nitrogens with one attached hydrogen (secondary N) is 1. The minimum Gasteiger partial charge on any atom is -0.341 e. The van der Waals surface area contributed by atoms with Crippen molar-refractivity contribution in [2.75, 3.05) is 12.8 Å². The van der Waals surface area contributed by atoms with E-state index in [0.29, 0.717) is 23.4 Å². The number of rotatable bonds is 6. The maximum absolute atomic E-state index is 12.9. The Morgan fingerprint density at radius 3 is 2.82 bits per heavy atom. The zero-order chi connectivity index (χ0) is 15.5. The van der Waals surface area contributed by atoms with Crippen LogP contribution in [0.2, 0.25) is 0 Å². The van der Waals surface area contributed by atoms with Crippen molar-refractivity contribution in [1.29, 1.82) is 0 Å². The molecule has 0 saturated heterocycles. The summed E-state index contributed by atoms with van der Waals surface area (Å²) in [6.45, 7) is 0.459. The molecule has 0 bridgehead atoms. The van der Waals surface area contributed by atoms with Gasteiger partial charge in [-0.15, -0.1) is 5.10 Å². The number of thioether (sulfide) groups is 1. The zero-order valence-electron chi connectivity index (χ0n) is 12.3. The van der Waals surface area contributed by atoms with Gasteiger partial charge in [0.05, 0.1) is 5.75 Å². The van der Waals surface area contributed by atoms with Crippen LogP contribution in [0.1, 0.15) is 30.1 Å². The number of aromatic nitrogens is 3. The molecule has 1 aliphatic carbocycles. The number of aromatic amines is 1. The van der Waals surface area contributed by atoms with Crippen LogP contribution in [0, 0.1) is 5.82 Å². The monoisotopic (exact) mass is 320 g/mol. The fourth-order valence-electron chi connectivity index (χ4n) is 2.05. The number of benzene rings is 1. The predicted molar refractivity (Wildman–Crippen MR) is 82.0 cm³/mol. The molecule has 1 aliphatic rings. The van der Waals surface area contributed by atoms with E-state index in [1.807, 2.05) is 0 Å². The number of hydrogen-bond donors (Lipinski definition) is 1. The zero-order valence-corrected chi connectivity index (χ0v) is 13.1. The van der Waals surface area contributed by atoms with Crippen molar-refractivity contribution < 1.29 is 9.18 Å². The fourth-order valence-corrected chi connectivity index (χ4v) is 2.80. The Morgan fingerprint density at radius 1 is 1.41 bits per heavy atom. The van der Waals surface area contributed by atoms with Gasteiger partial charge in [0.1, 0.15) is 11.6 Å². The summed E-state index contributed by atoms with van der Waals surface area (Å²) >= 11 is 1.33. The first-order valence-corrected chi connectivity index (χ1v) is 8.14. The van der Waals surface area contributed by atoms with Gasteiger partial charge < -0.3 is 4.90 Å². The summed E-state index contributed by atoms with van der Waals surface area (Å²) < 4.78 is 12.9. The number of carbonyl (C=O) groups excluding carboxylic acids is 1. The van der Waals surface area contributed by atoms with E-state index in [1.54, 1.807) is 24.1 Å². The van der Waals surface area contributed by atoms with E-state index in [-0.39, 0.29) is 11.7 Å². The van der Waals surface area contributed by atoms with Crippen LogP contribution in [0.15, 0.2) is 29.4 Å². The first-order chi connectivity index (χ1) is 10.6. The van der Waals surface area contributed by atoms with E-state index in [1.165, 1.54) is 36.7 Å². The Labute approximate surface area is 132 Å². The van der Waals surface area contributed by atoms with Gasteiger partial charge >= 0.3 is 0 Å². The largest absolute Gasteiger partial charge is 0.341 e. The first kappa shape index (κ1) is 15.0. The van der Waals surface area contributed by atoms with E-state index in [9.17, 15) is 9.18 Å². The minimum absolute atomic E-state index is 0.00732. The van der Waals surface area contributed by atoms with Gasteiger partial charge in [-0.3, -0.25) is 9.89 Å². The second-order valence-corrected chi connectivity index (χ2v) is 6.38. The van der Waals surface area contributed by atoms with E-state index < -0.39 is 0 Å². The van der Waals surface area contributed by atoms with Crippen molar-refractivity contribution >= 4 is 17.7 Å². The topological polar surface area (TPSA) is 61.9 Å². The lowest BCUT2D eigenvalue weighted by Gasteiger charge is -2.16. The molecular weight excluding hydrogens is 303 g/mol. The molecule has 1 aromatic heterocycles. The van der Waals surface area contributed by atoms with Crippen LogP contribution in [0.5, 0.6) is 0 Å². The van der Waals surface area contributed by atoms with Gasteiger partial charge in [0.25, 0.3) is 0 Å². The summed E-state index contributed by atoms with van der Waals surface area (Å²) in [5.74, 6) is 1.46. The number of hydrogen-bond acceptors (Lipinski definition) is 4. The van der Waals surface area contributed by atoms with Gasteiger partial charge in [-0.2, -0.15) is 0 Å². The summed E-state index contributed by atoms with van der Waals surface area (Å²) in [4.78, 5) is 18.1. The molecule has 2 aromatic rings. The number of halogens is 1. The molecule has 1 N–H and O–H groups in total. The maximum atomic E-state index is 12.9. The highest BCUT2D eigenvalue weighted by Gasteiger charge is 2.27. The van der Waals surface area contributed by atoms with Crippen molar-refractivity contribution in [3.63, 3.8) is 0 Å². The van der Waals surface area contributed by atoms with Gasteiger partial charge in [-0.25, -0.2) is 9.37 Å². The van der Waals surface area contributed by atoms with E-state index in [2.05, 4.69) is 15.2 Å². The van der Waals surface area contributed by atoms with Gasteiger partial charge in [0.2, 0.25) is 11.1 Å². The Morgan fingerprint density at radius 2 is 2.14 bits per heavy atom. The maximum Gasteiger partial charge on any atom is 0.233 e. The lowest BCUT2D eigenvalue weighted by Crippen LogP contribution is -2.27. The highest BCUT2D eigenvalue weighted by atomic mass is 32.2. The second-order valence-electron chi connectivity index (χ2n) is 5.44. The van der Waals surface area contributed by atoms with Crippen molar-refractivity contribution in [3.05, 3.63) is 41.5 Å². The molecule has 0 radical (unpaired) electrons. The van der Waals surface area contributed by atoms with E-state index >= 15 is 0 Å². The Balaban J connectivity index is 1.48. The first-order valence-electron chi connectivity index (χ1n) is 7.15. The number of nitrogens with zero attached hydrogens (tertiary/aromatic N) is 3. The average molecular weight is 320 g/mol. The molecule has 7 heteroatoms. The molecule has 0 atom stereocenters. The molecule has 116 valence electrons. The summed E-state index contributed by atoms with van der Waals surface area (Å²) in [5.41, 5.74) is 0.899. The quantitative estimate of drug-likeness (QED) is 0.831. The molecule has 1 amide bonds. The Kier molecular flexibility index (Phi) is 4.42. The van der Waals surface area contributed by atoms with Crippen LogP contribution in [0.4, 0.5) is 4.39 Å². The standard InChI is InChI=1S/C15H17FN4OS/c1-20(8-10-2-6-12(16)7-3-10)13(21)9-22-15-17-14(18-19-15)11-4-5-11/h2-3,6-7,11H,4-5,8-9H2,1H3,(H,17,18,19). The van der Waals surface area contributed by atoms with Crippen molar-refractivity contribution in [3.8, 4) is 0 Å². The minimum atomic E-state index is -0.274. The van der Waals surface area contributed by atoms with Crippen molar-refractivity contribution in [2.24, 2.45) is 0 Å². The molecular formula is C15H17FN4OS. The highest BCUT2D eigenvalue weighted by Crippen LogP contribution is 2.38. The summed E-state index contributed by atoms with van der Waals surface area (Å²) in [6, 6.07) is 6.16. The molecule has 22 heavy (non-hydrogen) atoms. The van der Waals surface area contributed by atoms with Gasteiger partial charge in [-0.05, 0) is 30.5 Å². The predicted octanol–water partition coefficient (Wildman–Crippen LogP) is 2.57. The van der Waals surface area contributed by atoms with E-state index in [4.69, 9.17) is 0 Å². The third-order valence-corrected chi connectivity index (χ3v) is 4.36. The molecule has 3 rings (SSSR count). The fraction of sp³-hybridized carbons (Fsp3) is 0.400. The number of H-pyrrole nitrogens is 1. The Hall–Kier alpha value is -1.89. The summed E-state index contributed by atoms with van der Waals surface area (Å²) in [5, 5.41) is 7.66. The molecule has 0 unspecified atom stereocenters. The van der Waals surface area contributed by atoms with Crippen LogP contribution in [0.3, 0.4) is 0 Å². The molecule has 0 aliphatic heterocycles. The molecule has 0 spiro atoms. The van der Waals surface area contributed by atoms with Crippen LogP contribution < -0.4 is 0 Å². The smallest absolute Gasteiger partial charge is 0.233 e. The lowest BCUT2D eigenvalue weighted by atomic mass is 10.2. The summed E-state index contributed by atoms with van der Waals surface area (Å²) in [6.07, 6.45) is 2.33. The summed E-state index contributed by atoms with van der Waals surface area (Å²) in [7, 11) is 1.74. The third-order valence-electron chi connectivity index (χ3n) is 3.53. The van der Waals surface area contributed by atoms with E-state index in [0.717, 1.165) is 11.4 Å². The third kappa shape index (κ3) is 3.85. The second kappa shape index (κ2) is 6.48. The number of amides is 1. The van der Waals surface area contributed by atoms with Crippen LogP contribution in [-0.4, -0.2) is 38.8 Å². The van der Waals surface area contributed by atoms with Crippen molar-refractivity contribution in [1.82, 2.24) is 20.1 Å². The SMILES string of the molecule is CN(Cc1ccc(F)cc1)C(=O)CSc1n[nH]c(C2CC2)n1. The van der Waals surface area contributed by atoms with Crippen molar-refractivity contribution in [2.45, 2.75) is 30.5 Å². The Bertz CT molecular complexity index is 654.